The zero-order valence-corrected chi connectivity index (χ0v) is 19.0. The molecule has 3 aromatic rings. The van der Waals surface area contributed by atoms with Crippen LogP contribution in [0.5, 0.6) is 0 Å². The van der Waals surface area contributed by atoms with Gasteiger partial charge in [-0.2, -0.15) is 9.40 Å². The lowest BCUT2D eigenvalue weighted by molar-refractivity contribution is -0.120. The number of halogens is 1. The van der Waals surface area contributed by atoms with E-state index in [0.29, 0.717) is 0 Å². The van der Waals surface area contributed by atoms with Gasteiger partial charge in [0.05, 0.1) is 6.61 Å². The van der Waals surface area contributed by atoms with Crippen molar-refractivity contribution in [1.82, 2.24) is 19.1 Å². The molecule has 34 heavy (non-hydrogen) atoms. The quantitative estimate of drug-likeness (QED) is 0.497. The molecule has 1 fully saturated rings. The van der Waals surface area contributed by atoms with Gasteiger partial charge in [-0.05, 0) is 50.1 Å². The minimum atomic E-state index is -3.97. The van der Waals surface area contributed by atoms with E-state index in [9.17, 15) is 22.4 Å². The number of carbonyl (C=O) groups is 2. The van der Waals surface area contributed by atoms with Gasteiger partial charge in [-0.1, -0.05) is 0 Å². The third-order valence-corrected chi connectivity index (χ3v) is 7.13. The van der Waals surface area contributed by atoms with E-state index in [0.717, 1.165) is 0 Å². The Morgan fingerprint density at radius 1 is 1.24 bits per heavy atom. The third-order valence-electron chi connectivity index (χ3n) is 5.36. The lowest BCUT2D eigenvalue weighted by Gasteiger charge is -2.29. The first-order valence-electron chi connectivity index (χ1n) is 10.5. The molecule has 0 saturated carbocycles. The Bertz CT molecular complexity index is 1280. The molecule has 0 unspecified atom stereocenters. The van der Waals surface area contributed by atoms with Gasteiger partial charge >= 0.3 is 5.97 Å². The highest BCUT2D eigenvalue weighted by Crippen LogP contribution is 2.26. The molecule has 11 nitrogen and oxygen atoms in total. The van der Waals surface area contributed by atoms with Crippen LogP contribution in [0.25, 0.3) is 5.69 Å². The average molecular weight is 492 g/mol. The van der Waals surface area contributed by atoms with Crippen molar-refractivity contribution in [3.8, 4) is 5.69 Å². The lowest BCUT2D eigenvalue weighted by atomic mass is 9.97. The van der Waals surface area contributed by atoms with Gasteiger partial charge in [0, 0.05) is 24.7 Å². The lowest BCUT2D eigenvalue weighted by Crippen LogP contribution is -2.41. The van der Waals surface area contributed by atoms with Gasteiger partial charge in [0.1, 0.15) is 18.3 Å². The maximum Gasteiger partial charge on any atom is 0.374 e. The van der Waals surface area contributed by atoms with Crippen LogP contribution in [0.3, 0.4) is 0 Å². The second-order valence-electron chi connectivity index (χ2n) is 7.51. The first-order valence-corrected chi connectivity index (χ1v) is 12.0. The van der Waals surface area contributed by atoms with Crippen LogP contribution in [-0.4, -0.2) is 59.1 Å². The van der Waals surface area contributed by atoms with Crippen molar-refractivity contribution in [3.05, 3.63) is 54.6 Å². The third kappa shape index (κ3) is 4.84. The first kappa shape index (κ1) is 23.6. The van der Waals surface area contributed by atoms with Crippen molar-refractivity contribution in [3.63, 3.8) is 0 Å². The number of piperidine rings is 1. The van der Waals surface area contributed by atoms with Crippen LogP contribution < -0.4 is 5.32 Å². The van der Waals surface area contributed by atoms with E-state index in [1.165, 1.54) is 45.9 Å². The van der Waals surface area contributed by atoms with Crippen LogP contribution in [0.4, 0.5) is 10.1 Å². The van der Waals surface area contributed by atoms with Gasteiger partial charge in [-0.25, -0.2) is 27.3 Å². The predicted molar refractivity (Wildman–Crippen MR) is 116 cm³/mol. The number of rotatable bonds is 7. The molecule has 0 spiro atoms. The van der Waals surface area contributed by atoms with E-state index in [1.807, 2.05) is 0 Å². The van der Waals surface area contributed by atoms with Crippen LogP contribution in [0.2, 0.25) is 0 Å². The number of furan rings is 1. The highest BCUT2D eigenvalue weighted by Gasteiger charge is 2.34. The van der Waals surface area contributed by atoms with Crippen LogP contribution in [0.1, 0.15) is 30.3 Å². The number of hydrogen-bond donors (Lipinski definition) is 1. The Kier molecular flexibility index (Phi) is 6.75. The van der Waals surface area contributed by atoms with Crippen LogP contribution in [0.15, 0.2) is 52.5 Å². The molecule has 1 saturated heterocycles. The number of anilines is 1. The van der Waals surface area contributed by atoms with Crippen LogP contribution >= 0.6 is 0 Å². The molecule has 1 aliphatic rings. The highest BCUT2D eigenvalue weighted by molar-refractivity contribution is 7.89. The molecular formula is C21H22FN5O6S. The van der Waals surface area contributed by atoms with Gasteiger partial charge < -0.3 is 14.5 Å². The van der Waals surface area contributed by atoms with Crippen molar-refractivity contribution in [1.29, 1.82) is 0 Å². The monoisotopic (exact) mass is 491 g/mol. The van der Waals surface area contributed by atoms with E-state index in [-0.39, 0.29) is 60.7 Å². The van der Waals surface area contributed by atoms with E-state index in [1.54, 1.807) is 13.0 Å². The standard InChI is InChI=1S/C21H22FN5O6S/c1-2-32-21(29)18-5-6-19(33-18)34(30,31)26-9-7-14(8-10-26)20(28)25-15-3-4-17(16(22)11-15)27-13-23-12-24-27/h3-6,11-14H,2,7-10H2,1H3,(H,25,28). The van der Waals surface area contributed by atoms with Gasteiger partial charge in [0.15, 0.2) is 5.82 Å². The predicted octanol–water partition coefficient (Wildman–Crippen LogP) is 2.22. The van der Waals surface area contributed by atoms with Gasteiger partial charge in [-0.15, -0.1) is 0 Å². The van der Waals surface area contributed by atoms with Crippen molar-refractivity contribution in [2.24, 2.45) is 5.92 Å². The molecule has 2 aromatic heterocycles. The number of esters is 1. The molecule has 13 heteroatoms. The van der Waals surface area contributed by atoms with Crippen LogP contribution in [-0.2, 0) is 19.6 Å². The fraction of sp³-hybridized carbons (Fsp3) is 0.333. The number of carbonyl (C=O) groups excluding carboxylic acids is 2. The Morgan fingerprint density at radius 2 is 2.00 bits per heavy atom. The molecule has 1 amide bonds. The Morgan fingerprint density at radius 3 is 2.65 bits per heavy atom. The summed E-state index contributed by atoms with van der Waals surface area (Å²) in [7, 11) is -3.97. The summed E-state index contributed by atoms with van der Waals surface area (Å²) in [6.07, 6.45) is 3.19. The molecule has 0 radical (unpaired) electrons. The van der Waals surface area contributed by atoms with Gasteiger partial charge in [0.2, 0.25) is 16.8 Å². The molecule has 0 atom stereocenters. The summed E-state index contributed by atoms with van der Waals surface area (Å²) in [5.74, 6) is -2.30. The van der Waals surface area contributed by atoms with Gasteiger partial charge in [0.25, 0.3) is 10.0 Å². The maximum atomic E-state index is 14.4. The summed E-state index contributed by atoms with van der Waals surface area (Å²) in [5, 5.41) is 6.19. The van der Waals surface area contributed by atoms with E-state index in [4.69, 9.17) is 9.15 Å². The summed E-state index contributed by atoms with van der Waals surface area (Å²) in [6.45, 7) is 1.95. The fourth-order valence-corrected chi connectivity index (χ4v) is 4.98. The fourth-order valence-electron chi connectivity index (χ4n) is 3.60. The zero-order chi connectivity index (χ0) is 24.3. The minimum absolute atomic E-state index is 0.0927. The molecule has 3 heterocycles. The molecule has 1 aromatic carbocycles. The van der Waals surface area contributed by atoms with Crippen molar-refractivity contribution >= 4 is 27.6 Å². The van der Waals surface area contributed by atoms with E-state index in [2.05, 4.69) is 15.4 Å². The number of nitrogens with zero attached hydrogens (tertiary/aromatic N) is 4. The first-order chi connectivity index (χ1) is 16.3. The molecular weight excluding hydrogens is 469 g/mol. The number of sulfonamides is 1. The summed E-state index contributed by atoms with van der Waals surface area (Å²) in [5.41, 5.74) is 0.474. The van der Waals surface area contributed by atoms with Crippen LogP contribution in [0, 0.1) is 11.7 Å². The molecule has 1 N–H and O–H groups in total. The Balaban J connectivity index is 1.35. The zero-order valence-electron chi connectivity index (χ0n) is 18.2. The van der Waals surface area contributed by atoms with Crippen molar-refractivity contribution in [2.75, 3.05) is 25.0 Å². The smallest absolute Gasteiger partial charge is 0.374 e. The number of amides is 1. The Labute approximate surface area is 194 Å². The largest absolute Gasteiger partial charge is 0.460 e. The number of nitrogens with one attached hydrogen (secondary N) is 1. The highest BCUT2D eigenvalue weighted by atomic mass is 32.2. The SMILES string of the molecule is CCOC(=O)c1ccc(S(=O)(=O)N2CCC(C(=O)Nc3ccc(-n4cncn4)c(F)c3)CC2)o1. The molecule has 180 valence electrons. The molecule has 1 aliphatic heterocycles. The van der Waals surface area contributed by atoms with Gasteiger partial charge in [-0.3, -0.25) is 4.79 Å². The Hall–Kier alpha value is -3.58. The van der Waals surface area contributed by atoms with E-state index < -0.39 is 27.7 Å². The average Bonchev–Trinajstić information content (AvgIpc) is 3.52. The number of ether oxygens (including phenoxy) is 1. The maximum absolute atomic E-state index is 14.4. The summed E-state index contributed by atoms with van der Waals surface area (Å²) >= 11 is 0. The summed E-state index contributed by atoms with van der Waals surface area (Å²) in [6, 6.07) is 6.67. The molecule has 0 aliphatic carbocycles. The van der Waals surface area contributed by atoms with Crippen molar-refractivity contribution < 1.29 is 31.6 Å². The second kappa shape index (κ2) is 9.73. The van der Waals surface area contributed by atoms with E-state index >= 15 is 0 Å². The minimum Gasteiger partial charge on any atom is -0.460 e. The number of aromatic nitrogens is 3. The molecule has 4 rings (SSSR count). The number of benzene rings is 1. The topological polar surface area (TPSA) is 137 Å². The van der Waals surface area contributed by atoms with Crippen molar-refractivity contribution in [2.45, 2.75) is 24.9 Å². The summed E-state index contributed by atoms with van der Waals surface area (Å²) < 4.78 is 52.5. The molecule has 0 bridgehead atoms. The number of hydrogen-bond acceptors (Lipinski definition) is 8. The summed E-state index contributed by atoms with van der Waals surface area (Å²) in [4.78, 5) is 28.2. The normalized spacial score (nSPS) is 15.2. The second-order valence-corrected chi connectivity index (χ2v) is 9.38.